The zero-order chi connectivity index (χ0) is 25.4. The quantitative estimate of drug-likeness (QED) is 0.511. The van der Waals surface area contributed by atoms with Crippen LogP contribution in [0.25, 0.3) is 0 Å². The normalized spacial score (nSPS) is 19.1. The predicted molar refractivity (Wildman–Crippen MR) is 131 cm³/mol. The zero-order valence-corrected chi connectivity index (χ0v) is 20.4. The topological polar surface area (TPSA) is 96.3 Å². The molecule has 3 amide bonds. The van der Waals surface area contributed by atoms with Crippen molar-refractivity contribution in [2.75, 3.05) is 0 Å². The molecular weight excluding hydrogens is 485 g/mol. The molecule has 0 saturated heterocycles. The van der Waals surface area contributed by atoms with Crippen LogP contribution in [0.4, 0.5) is 4.39 Å². The maximum atomic E-state index is 13.7. The lowest BCUT2D eigenvalue weighted by atomic mass is 9.93. The van der Waals surface area contributed by atoms with Gasteiger partial charge in [0.2, 0.25) is 5.91 Å². The fraction of sp³-hybridized carbons (Fsp3) is 0.308. The van der Waals surface area contributed by atoms with Gasteiger partial charge in [0.25, 0.3) is 11.8 Å². The summed E-state index contributed by atoms with van der Waals surface area (Å²) in [7, 11) is 0. The Kier molecular flexibility index (Phi) is 6.26. The Morgan fingerprint density at radius 3 is 2.53 bits per heavy atom. The van der Waals surface area contributed by atoms with E-state index in [0.717, 1.165) is 24.0 Å². The molecule has 2 aliphatic rings. The first kappa shape index (κ1) is 24.0. The van der Waals surface area contributed by atoms with E-state index in [2.05, 4.69) is 15.6 Å². The Labute approximate surface area is 212 Å². The lowest BCUT2D eigenvalue weighted by molar-refractivity contribution is -0.133. The van der Waals surface area contributed by atoms with Gasteiger partial charge in [0.05, 0.1) is 12.9 Å². The van der Waals surface area contributed by atoms with Gasteiger partial charge in [-0.3, -0.25) is 14.4 Å². The minimum atomic E-state index is -1.17. The van der Waals surface area contributed by atoms with Crippen LogP contribution in [-0.4, -0.2) is 43.8 Å². The third-order valence-electron chi connectivity index (χ3n) is 6.65. The molecule has 1 saturated carbocycles. The summed E-state index contributed by atoms with van der Waals surface area (Å²) < 4.78 is 14.8. The Balaban J connectivity index is 1.36. The lowest BCUT2D eigenvalue weighted by Crippen LogP contribution is -2.64. The van der Waals surface area contributed by atoms with Crippen LogP contribution in [0.15, 0.2) is 54.9 Å². The fourth-order valence-corrected chi connectivity index (χ4v) is 4.80. The van der Waals surface area contributed by atoms with E-state index in [1.54, 1.807) is 46.7 Å². The zero-order valence-electron chi connectivity index (χ0n) is 19.6. The number of carbonyl (C=O) groups is 3. The first-order valence-electron chi connectivity index (χ1n) is 11.7. The van der Waals surface area contributed by atoms with Gasteiger partial charge >= 0.3 is 0 Å². The Morgan fingerprint density at radius 1 is 1.11 bits per heavy atom. The van der Waals surface area contributed by atoms with Crippen molar-refractivity contribution < 1.29 is 18.8 Å². The van der Waals surface area contributed by atoms with Crippen molar-refractivity contribution in [3.8, 4) is 0 Å². The second kappa shape index (κ2) is 9.39. The SMILES string of the molecule is C[C@]1(C(=O)NCc2ccc(F)cc2)Cn2cnc(C(=O)NCc3ccccc3Cl)c2C(=O)N1C1CC1. The molecule has 1 aliphatic heterocycles. The van der Waals surface area contributed by atoms with Crippen LogP contribution in [0.2, 0.25) is 5.02 Å². The van der Waals surface area contributed by atoms with E-state index in [1.165, 1.54) is 18.5 Å². The highest BCUT2D eigenvalue weighted by Gasteiger charge is 2.53. The van der Waals surface area contributed by atoms with Gasteiger partial charge < -0.3 is 20.1 Å². The van der Waals surface area contributed by atoms with Crippen molar-refractivity contribution in [3.63, 3.8) is 0 Å². The number of nitrogens with zero attached hydrogens (tertiary/aromatic N) is 3. The Morgan fingerprint density at radius 2 is 1.83 bits per heavy atom. The largest absolute Gasteiger partial charge is 0.350 e. The number of nitrogens with one attached hydrogen (secondary N) is 2. The van der Waals surface area contributed by atoms with Crippen molar-refractivity contribution in [1.82, 2.24) is 25.1 Å². The number of aromatic nitrogens is 2. The maximum Gasteiger partial charge on any atom is 0.274 e. The molecule has 5 rings (SSSR count). The molecule has 3 aromatic rings. The summed E-state index contributed by atoms with van der Waals surface area (Å²) in [5, 5.41) is 6.20. The van der Waals surface area contributed by atoms with Crippen LogP contribution >= 0.6 is 11.6 Å². The molecule has 0 radical (unpaired) electrons. The number of rotatable bonds is 7. The van der Waals surface area contributed by atoms with Gasteiger partial charge in [-0.15, -0.1) is 0 Å². The van der Waals surface area contributed by atoms with E-state index < -0.39 is 17.4 Å². The average Bonchev–Trinajstić information content (AvgIpc) is 3.60. The van der Waals surface area contributed by atoms with Crippen molar-refractivity contribution in [3.05, 3.63) is 88.2 Å². The van der Waals surface area contributed by atoms with E-state index in [-0.39, 0.29) is 48.8 Å². The number of halogens is 2. The van der Waals surface area contributed by atoms with E-state index in [9.17, 15) is 18.8 Å². The second-order valence-corrected chi connectivity index (χ2v) is 9.74. The standard InChI is InChI=1S/C26H25ClFN5O3/c1-26(25(36)30-12-16-6-8-18(28)9-7-16)14-32-15-31-21(22(32)24(35)33(26)19-10-11-19)23(34)29-13-17-4-2-3-5-20(17)27/h2-9,15,19H,10-14H2,1H3,(H,29,34)(H,30,36)/t26-/m1/s1. The van der Waals surface area contributed by atoms with E-state index in [1.807, 2.05) is 6.07 Å². The molecule has 2 N–H and O–H groups in total. The van der Waals surface area contributed by atoms with Crippen molar-refractivity contribution >= 4 is 29.3 Å². The van der Waals surface area contributed by atoms with Gasteiger partial charge in [-0.05, 0) is 49.1 Å². The van der Waals surface area contributed by atoms with Crippen LogP contribution in [0.5, 0.6) is 0 Å². The molecule has 0 spiro atoms. The monoisotopic (exact) mass is 509 g/mol. The average molecular weight is 510 g/mol. The summed E-state index contributed by atoms with van der Waals surface area (Å²) in [5.74, 6) is -1.56. The summed E-state index contributed by atoms with van der Waals surface area (Å²) in [6.45, 7) is 2.27. The Bertz CT molecular complexity index is 1340. The molecule has 2 aromatic carbocycles. The summed E-state index contributed by atoms with van der Waals surface area (Å²) in [6, 6.07) is 13.0. The van der Waals surface area contributed by atoms with E-state index in [4.69, 9.17) is 11.6 Å². The Hall–Kier alpha value is -3.72. The third-order valence-corrected chi connectivity index (χ3v) is 7.02. The van der Waals surface area contributed by atoms with Crippen LogP contribution < -0.4 is 10.6 Å². The van der Waals surface area contributed by atoms with Crippen LogP contribution in [0.3, 0.4) is 0 Å². The molecule has 1 aliphatic carbocycles. The number of hydrogen-bond acceptors (Lipinski definition) is 4. The molecular formula is C26H25ClFN5O3. The molecule has 2 heterocycles. The van der Waals surface area contributed by atoms with E-state index >= 15 is 0 Å². The molecule has 1 aromatic heterocycles. The first-order valence-corrected chi connectivity index (χ1v) is 12.1. The third kappa shape index (κ3) is 4.46. The molecule has 0 unspecified atom stereocenters. The highest BCUT2D eigenvalue weighted by atomic mass is 35.5. The van der Waals surface area contributed by atoms with Crippen LogP contribution in [-0.2, 0) is 24.4 Å². The molecule has 36 heavy (non-hydrogen) atoms. The molecule has 1 fully saturated rings. The molecule has 186 valence electrons. The molecule has 1 atom stereocenters. The van der Waals surface area contributed by atoms with Gasteiger partial charge in [0.1, 0.15) is 17.1 Å². The number of carbonyl (C=O) groups excluding carboxylic acids is 3. The maximum absolute atomic E-state index is 13.7. The van der Waals surface area contributed by atoms with Crippen LogP contribution in [0, 0.1) is 5.82 Å². The van der Waals surface area contributed by atoms with Gasteiger partial charge in [0.15, 0.2) is 5.69 Å². The summed E-state index contributed by atoms with van der Waals surface area (Å²) >= 11 is 6.18. The van der Waals surface area contributed by atoms with Crippen LogP contribution in [0.1, 0.15) is 51.9 Å². The molecule has 0 bridgehead atoms. The highest BCUT2D eigenvalue weighted by molar-refractivity contribution is 6.31. The summed E-state index contributed by atoms with van der Waals surface area (Å²) in [4.78, 5) is 45.9. The molecule has 10 heteroatoms. The number of imidazole rings is 1. The number of fused-ring (bicyclic) bond motifs is 1. The van der Waals surface area contributed by atoms with Crippen molar-refractivity contribution in [1.29, 1.82) is 0 Å². The lowest BCUT2D eigenvalue weighted by Gasteiger charge is -2.44. The van der Waals surface area contributed by atoms with Gasteiger partial charge in [0, 0.05) is 24.2 Å². The second-order valence-electron chi connectivity index (χ2n) is 9.33. The predicted octanol–water partition coefficient (Wildman–Crippen LogP) is 3.30. The minimum Gasteiger partial charge on any atom is -0.350 e. The van der Waals surface area contributed by atoms with Crippen molar-refractivity contribution in [2.24, 2.45) is 0 Å². The van der Waals surface area contributed by atoms with Gasteiger partial charge in [-0.2, -0.15) is 0 Å². The smallest absolute Gasteiger partial charge is 0.274 e. The summed E-state index contributed by atoms with van der Waals surface area (Å²) in [6.07, 6.45) is 3.00. The summed E-state index contributed by atoms with van der Waals surface area (Å²) in [5.41, 5.74) is 0.511. The van der Waals surface area contributed by atoms with Crippen molar-refractivity contribution in [2.45, 2.75) is 51.0 Å². The number of hydrogen-bond donors (Lipinski definition) is 2. The number of benzene rings is 2. The highest BCUT2D eigenvalue weighted by Crippen LogP contribution is 2.38. The number of amides is 3. The molecule has 8 nitrogen and oxygen atoms in total. The fourth-order valence-electron chi connectivity index (χ4n) is 4.60. The minimum absolute atomic E-state index is 0.0199. The van der Waals surface area contributed by atoms with Gasteiger partial charge in [-0.25, -0.2) is 9.37 Å². The first-order chi connectivity index (χ1) is 17.3. The van der Waals surface area contributed by atoms with Gasteiger partial charge in [-0.1, -0.05) is 41.9 Å². The van der Waals surface area contributed by atoms with E-state index in [0.29, 0.717) is 5.02 Å².